The zero-order valence-electron chi connectivity index (χ0n) is 11.7. The van der Waals surface area contributed by atoms with Gasteiger partial charge in [-0.1, -0.05) is 19.4 Å². The van der Waals surface area contributed by atoms with Gasteiger partial charge >= 0.3 is 5.63 Å². The van der Waals surface area contributed by atoms with Crippen LogP contribution in [-0.4, -0.2) is 10.9 Å². The second-order valence-corrected chi connectivity index (χ2v) is 5.84. The maximum Gasteiger partial charge on any atom is 0.347 e. The van der Waals surface area contributed by atoms with Crippen LogP contribution in [0.5, 0.6) is 5.75 Å². The zero-order valence-corrected chi connectivity index (χ0v) is 11.7. The van der Waals surface area contributed by atoms with Crippen molar-refractivity contribution in [2.75, 3.05) is 0 Å². The molecule has 1 N–H and O–H groups in total. The smallest absolute Gasteiger partial charge is 0.347 e. The van der Waals surface area contributed by atoms with Crippen molar-refractivity contribution in [1.82, 2.24) is 0 Å². The Bertz CT molecular complexity index is 632. The maximum absolute atomic E-state index is 12.0. The van der Waals surface area contributed by atoms with Crippen molar-refractivity contribution < 1.29 is 14.3 Å². The summed E-state index contributed by atoms with van der Waals surface area (Å²) in [6.45, 7) is 7.25. The number of Topliss-reactive ketones (excluding diaryl/α,β-unsaturated/α-hetero) is 1. The average Bonchev–Trinajstić information content (AvgIpc) is 2.19. The van der Waals surface area contributed by atoms with E-state index in [1.54, 1.807) is 6.92 Å². The number of aromatic hydroxyl groups is 1. The van der Waals surface area contributed by atoms with E-state index in [0.717, 1.165) is 11.1 Å². The van der Waals surface area contributed by atoms with Gasteiger partial charge in [0.15, 0.2) is 0 Å². The summed E-state index contributed by atoms with van der Waals surface area (Å²) < 4.78 is 5.08. The lowest BCUT2D eigenvalue weighted by molar-refractivity contribution is -0.120. The summed E-state index contributed by atoms with van der Waals surface area (Å²) in [5.74, 6) is 0.446. The highest BCUT2D eigenvalue weighted by molar-refractivity contribution is 5.91. The predicted molar refractivity (Wildman–Crippen MR) is 72.0 cm³/mol. The second-order valence-electron chi connectivity index (χ2n) is 5.84. The number of ketones is 1. The SMILES string of the molecule is CC1=C(c2c(O)cc(C)oc2=O)C(C)(C)CC(=O)C1. The third-order valence-electron chi connectivity index (χ3n) is 3.51. The van der Waals surface area contributed by atoms with Crippen LogP contribution >= 0.6 is 0 Å². The molecule has 0 radical (unpaired) electrons. The fraction of sp³-hybridized carbons (Fsp3) is 0.467. The Balaban J connectivity index is 2.74. The van der Waals surface area contributed by atoms with Gasteiger partial charge in [0.05, 0.1) is 0 Å². The molecule has 0 bridgehead atoms. The molecule has 4 nitrogen and oxygen atoms in total. The molecule has 1 aliphatic carbocycles. The van der Waals surface area contributed by atoms with E-state index in [0.29, 0.717) is 18.6 Å². The molecule has 0 amide bonds. The first kappa shape index (κ1) is 13.6. The average molecular weight is 262 g/mol. The summed E-state index contributed by atoms with van der Waals surface area (Å²) in [5.41, 5.74) is 0.738. The van der Waals surface area contributed by atoms with Gasteiger partial charge in [-0.05, 0) is 24.8 Å². The Kier molecular flexibility index (Phi) is 3.12. The van der Waals surface area contributed by atoms with Gasteiger partial charge < -0.3 is 9.52 Å². The Morgan fingerprint density at radius 3 is 2.42 bits per heavy atom. The topological polar surface area (TPSA) is 67.5 Å². The van der Waals surface area contributed by atoms with E-state index in [2.05, 4.69) is 0 Å². The number of hydrogen-bond acceptors (Lipinski definition) is 4. The third kappa shape index (κ3) is 2.35. The Hall–Kier alpha value is -1.84. The van der Waals surface area contributed by atoms with Gasteiger partial charge in [-0.25, -0.2) is 4.79 Å². The lowest BCUT2D eigenvalue weighted by Crippen LogP contribution is -2.27. The normalized spacial score (nSPS) is 18.8. The van der Waals surface area contributed by atoms with Crippen LogP contribution in [0.3, 0.4) is 0 Å². The van der Waals surface area contributed by atoms with Crippen molar-refractivity contribution in [3.8, 4) is 5.75 Å². The largest absolute Gasteiger partial charge is 0.507 e. The molecule has 0 saturated carbocycles. The summed E-state index contributed by atoms with van der Waals surface area (Å²) in [4.78, 5) is 23.7. The van der Waals surface area contributed by atoms with E-state index in [9.17, 15) is 14.7 Å². The molecular formula is C15H18O4. The molecule has 1 aliphatic rings. The van der Waals surface area contributed by atoms with Crippen molar-refractivity contribution >= 4 is 11.4 Å². The third-order valence-corrected chi connectivity index (χ3v) is 3.51. The van der Waals surface area contributed by atoms with Gasteiger partial charge in [0.1, 0.15) is 22.9 Å². The molecule has 102 valence electrons. The summed E-state index contributed by atoms with van der Waals surface area (Å²) in [6.07, 6.45) is 0.692. The van der Waals surface area contributed by atoms with E-state index >= 15 is 0 Å². The van der Waals surface area contributed by atoms with Gasteiger partial charge in [0.25, 0.3) is 0 Å². The van der Waals surface area contributed by atoms with E-state index in [4.69, 9.17) is 4.42 Å². The van der Waals surface area contributed by atoms with E-state index < -0.39 is 11.0 Å². The van der Waals surface area contributed by atoms with Gasteiger partial charge in [-0.15, -0.1) is 0 Å². The number of allylic oxidation sites excluding steroid dienone is 2. The van der Waals surface area contributed by atoms with Crippen LogP contribution < -0.4 is 5.63 Å². The first-order valence-electron chi connectivity index (χ1n) is 6.28. The number of hydrogen-bond donors (Lipinski definition) is 1. The summed E-state index contributed by atoms with van der Waals surface area (Å²) in [5, 5.41) is 10.1. The molecule has 0 atom stereocenters. The van der Waals surface area contributed by atoms with E-state index in [1.807, 2.05) is 20.8 Å². The first-order chi connectivity index (χ1) is 8.72. The maximum atomic E-state index is 12.0. The molecule has 1 heterocycles. The molecular weight excluding hydrogens is 244 g/mol. The number of carbonyl (C=O) groups is 1. The van der Waals surface area contributed by atoms with Crippen molar-refractivity contribution in [3.63, 3.8) is 0 Å². The Labute approximate surface area is 111 Å². The van der Waals surface area contributed by atoms with E-state index in [-0.39, 0.29) is 17.1 Å². The molecule has 0 fully saturated rings. The molecule has 0 unspecified atom stereocenters. The van der Waals surface area contributed by atoms with Crippen molar-refractivity contribution in [1.29, 1.82) is 0 Å². The highest BCUT2D eigenvalue weighted by atomic mass is 16.4. The zero-order chi connectivity index (χ0) is 14.4. The minimum atomic E-state index is -0.547. The van der Waals surface area contributed by atoms with Gasteiger partial charge in [0, 0.05) is 18.9 Å². The molecule has 4 heteroatoms. The minimum Gasteiger partial charge on any atom is -0.507 e. The molecule has 0 aromatic carbocycles. The lowest BCUT2D eigenvalue weighted by atomic mass is 9.70. The fourth-order valence-corrected chi connectivity index (χ4v) is 2.98. The lowest BCUT2D eigenvalue weighted by Gasteiger charge is -2.33. The molecule has 0 spiro atoms. The van der Waals surface area contributed by atoms with Gasteiger partial charge in [0.2, 0.25) is 0 Å². The highest BCUT2D eigenvalue weighted by Gasteiger charge is 2.36. The van der Waals surface area contributed by atoms with Gasteiger partial charge in [-0.2, -0.15) is 0 Å². The van der Waals surface area contributed by atoms with Crippen LogP contribution in [0.4, 0.5) is 0 Å². The predicted octanol–water partition coefficient (Wildman–Crippen LogP) is 2.82. The van der Waals surface area contributed by atoms with Gasteiger partial charge in [-0.3, -0.25) is 4.79 Å². The Morgan fingerprint density at radius 2 is 1.89 bits per heavy atom. The number of rotatable bonds is 1. The van der Waals surface area contributed by atoms with Crippen molar-refractivity contribution in [2.24, 2.45) is 5.41 Å². The van der Waals surface area contributed by atoms with Crippen LogP contribution in [-0.2, 0) is 4.79 Å². The first-order valence-corrected chi connectivity index (χ1v) is 6.28. The van der Waals surface area contributed by atoms with Crippen LogP contribution in [0.15, 0.2) is 20.9 Å². The van der Waals surface area contributed by atoms with E-state index in [1.165, 1.54) is 6.07 Å². The van der Waals surface area contributed by atoms with Crippen LogP contribution in [0, 0.1) is 12.3 Å². The summed E-state index contributed by atoms with van der Waals surface area (Å²) in [7, 11) is 0. The van der Waals surface area contributed by atoms with Crippen molar-refractivity contribution in [2.45, 2.75) is 40.5 Å². The highest BCUT2D eigenvalue weighted by Crippen LogP contribution is 2.45. The molecule has 1 aromatic heterocycles. The molecule has 19 heavy (non-hydrogen) atoms. The van der Waals surface area contributed by atoms with Crippen LogP contribution in [0.2, 0.25) is 0 Å². The van der Waals surface area contributed by atoms with Crippen LogP contribution in [0.25, 0.3) is 5.57 Å². The second kappa shape index (κ2) is 4.37. The molecule has 1 aromatic rings. The number of aryl methyl sites for hydroxylation is 1. The summed E-state index contributed by atoms with van der Waals surface area (Å²) in [6, 6.07) is 1.43. The molecule has 0 saturated heterocycles. The molecule has 0 aliphatic heterocycles. The standard InChI is InChI=1S/C15H18O4/c1-8-5-10(16)7-15(3,4)13(8)12-11(17)6-9(2)19-14(12)18/h6,17H,5,7H2,1-4H3. The van der Waals surface area contributed by atoms with Crippen LogP contribution in [0.1, 0.15) is 44.9 Å². The van der Waals surface area contributed by atoms with Crippen molar-refractivity contribution in [3.05, 3.63) is 33.4 Å². The fourth-order valence-electron chi connectivity index (χ4n) is 2.98. The molecule has 2 rings (SSSR count). The monoisotopic (exact) mass is 262 g/mol. The summed E-state index contributed by atoms with van der Waals surface area (Å²) >= 11 is 0. The minimum absolute atomic E-state index is 0.0782. The number of carbonyl (C=O) groups excluding carboxylic acids is 1. The Morgan fingerprint density at radius 1 is 1.26 bits per heavy atom. The quantitative estimate of drug-likeness (QED) is 0.845.